The molecule has 0 saturated heterocycles. The van der Waals surface area contributed by atoms with Crippen LogP contribution in [0.25, 0.3) is 0 Å². The molecule has 0 radical (unpaired) electrons. The van der Waals surface area contributed by atoms with Gasteiger partial charge in [0.25, 0.3) is 0 Å². The molecule has 33 heavy (non-hydrogen) atoms. The Morgan fingerprint density at radius 1 is 0.939 bits per heavy atom. The van der Waals surface area contributed by atoms with Crippen LogP contribution < -0.4 is 0 Å². The summed E-state index contributed by atoms with van der Waals surface area (Å²) in [4.78, 5) is 0. The summed E-state index contributed by atoms with van der Waals surface area (Å²) >= 11 is 0. The van der Waals surface area contributed by atoms with Crippen molar-refractivity contribution in [2.75, 3.05) is 6.61 Å². The molecular weight excluding hydrogens is 444 g/mol. The fourth-order valence-electron chi connectivity index (χ4n) is 4.55. The number of ether oxygens (including phenoxy) is 1. The van der Waals surface area contributed by atoms with E-state index in [1.807, 2.05) is 0 Å². The molecule has 0 aromatic heterocycles. The molecule has 8 heteroatoms. The first-order valence-corrected chi connectivity index (χ1v) is 11.1. The summed E-state index contributed by atoms with van der Waals surface area (Å²) in [6.07, 6.45) is 0.976. The molecule has 2 aromatic carbocycles. The summed E-state index contributed by atoms with van der Waals surface area (Å²) in [5, 5.41) is 8.66. The Bertz CT molecular complexity index is 978. The first kappa shape index (κ1) is 25.1. The van der Waals surface area contributed by atoms with Gasteiger partial charge < -0.3 is 4.74 Å². The summed E-state index contributed by atoms with van der Waals surface area (Å²) in [6.45, 7) is 1.36. The van der Waals surface area contributed by atoms with Crippen molar-refractivity contribution in [3.8, 4) is 6.07 Å². The normalized spacial score (nSPS) is 18.8. The van der Waals surface area contributed by atoms with Gasteiger partial charge in [0.1, 0.15) is 40.5 Å². The Kier molecular flexibility index (Phi) is 8.06. The highest BCUT2D eigenvalue weighted by Crippen LogP contribution is 2.40. The molecule has 0 heterocycles. The van der Waals surface area contributed by atoms with Gasteiger partial charge in [-0.15, -0.1) is 0 Å². The zero-order valence-electron chi connectivity index (χ0n) is 18.2. The molecule has 0 N–H and O–H groups in total. The highest BCUT2D eigenvalue weighted by Gasteiger charge is 2.40. The van der Waals surface area contributed by atoms with Crippen LogP contribution >= 0.6 is 0 Å². The average molecular weight is 469 g/mol. The van der Waals surface area contributed by atoms with E-state index in [0.29, 0.717) is 11.5 Å². The lowest BCUT2D eigenvalue weighted by Crippen LogP contribution is -2.24. The zero-order valence-corrected chi connectivity index (χ0v) is 18.2. The van der Waals surface area contributed by atoms with Gasteiger partial charge in [0, 0.05) is 0 Å². The van der Waals surface area contributed by atoms with Crippen molar-refractivity contribution >= 4 is 0 Å². The monoisotopic (exact) mass is 469 g/mol. The van der Waals surface area contributed by atoms with Gasteiger partial charge in [-0.2, -0.15) is 14.0 Å². The smallest absolute Gasteiger partial charge is 0.316 e. The van der Waals surface area contributed by atoms with Crippen LogP contribution in [0.15, 0.2) is 24.3 Å². The van der Waals surface area contributed by atoms with Gasteiger partial charge in [-0.05, 0) is 79.3 Å². The van der Waals surface area contributed by atoms with E-state index in [2.05, 4.69) is 11.7 Å². The number of halogens is 6. The molecule has 1 aliphatic rings. The molecule has 2 nitrogen and oxygen atoms in total. The minimum Gasteiger partial charge on any atom is -0.316 e. The van der Waals surface area contributed by atoms with E-state index in [4.69, 9.17) is 5.26 Å². The van der Waals surface area contributed by atoms with Crippen LogP contribution in [0.1, 0.15) is 73.6 Å². The van der Waals surface area contributed by atoms with E-state index >= 15 is 0 Å². The van der Waals surface area contributed by atoms with Crippen LogP contribution in [0, 0.1) is 40.5 Å². The number of rotatable bonds is 8. The van der Waals surface area contributed by atoms with Gasteiger partial charge >= 0.3 is 6.11 Å². The van der Waals surface area contributed by atoms with Crippen molar-refractivity contribution in [3.05, 3.63) is 69.8 Å². The Hall–Kier alpha value is -2.53. The van der Waals surface area contributed by atoms with Crippen LogP contribution in [0.5, 0.6) is 0 Å². The standard InChI is InChI=1S/C25H25F6NO/c1-2-3-15-4-6-17(7-5-15)18-12-22(28)24(23(29)13-18)25(30,31)33-9-8-16-10-20(26)19(14-32)21(27)11-16/h10-13,15,17H,2-9H2,1H3. The van der Waals surface area contributed by atoms with E-state index < -0.39 is 47.1 Å². The lowest BCUT2D eigenvalue weighted by molar-refractivity contribution is -0.251. The minimum absolute atomic E-state index is 0.0326. The largest absolute Gasteiger partial charge is 0.389 e. The number of hydrogen-bond acceptors (Lipinski definition) is 2. The zero-order chi connectivity index (χ0) is 24.2. The van der Waals surface area contributed by atoms with Gasteiger partial charge in [-0.1, -0.05) is 19.8 Å². The van der Waals surface area contributed by atoms with Crippen LogP contribution in [0.2, 0.25) is 0 Å². The minimum atomic E-state index is -4.27. The molecule has 0 atom stereocenters. The molecule has 0 unspecified atom stereocenters. The number of benzene rings is 2. The molecule has 1 saturated carbocycles. The second-order valence-corrected chi connectivity index (χ2v) is 8.53. The Balaban J connectivity index is 1.67. The van der Waals surface area contributed by atoms with Gasteiger partial charge in [0.2, 0.25) is 0 Å². The first-order chi connectivity index (χ1) is 15.7. The summed E-state index contributed by atoms with van der Waals surface area (Å²) in [5.41, 5.74) is -1.94. The molecule has 1 fully saturated rings. The quantitative estimate of drug-likeness (QED) is 0.375. The van der Waals surface area contributed by atoms with Gasteiger partial charge in [-0.3, -0.25) is 0 Å². The number of hydrogen-bond donors (Lipinski definition) is 0. The van der Waals surface area contributed by atoms with Crippen molar-refractivity contribution in [3.63, 3.8) is 0 Å². The molecule has 0 spiro atoms. The third-order valence-electron chi connectivity index (χ3n) is 6.26. The highest BCUT2D eigenvalue weighted by atomic mass is 19.3. The molecule has 0 amide bonds. The van der Waals surface area contributed by atoms with Crippen molar-refractivity contribution in [2.45, 2.75) is 63.9 Å². The summed E-state index contributed by atoms with van der Waals surface area (Å²) < 4.78 is 89.8. The molecule has 0 aliphatic heterocycles. The molecule has 1 aliphatic carbocycles. The maximum absolute atomic E-state index is 14.6. The second-order valence-electron chi connectivity index (χ2n) is 8.53. The van der Waals surface area contributed by atoms with E-state index in [1.165, 1.54) is 6.07 Å². The first-order valence-electron chi connectivity index (χ1n) is 11.1. The maximum atomic E-state index is 14.6. The molecular formula is C25H25F6NO. The third kappa shape index (κ3) is 5.89. The number of nitriles is 1. The van der Waals surface area contributed by atoms with E-state index in [1.54, 1.807) is 0 Å². The van der Waals surface area contributed by atoms with Crippen LogP contribution in [0.4, 0.5) is 26.3 Å². The summed E-state index contributed by atoms with van der Waals surface area (Å²) in [5.74, 6) is -4.52. The van der Waals surface area contributed by atoms with Crippen molar-refractivity contribution < 1.29 is 31.1 Å². The third-order valence-corrected chi connectivity index (χ3v) is 6.26. The molecule has 2 aromatic rings. The second kappa shape index (κ2) is 10.6. The predicted octanol–water partition coefficient (Wildman–Crippen LogP) is 7.50. The van der Waals surface area contributed by atoms with E-state index in [9.17, 15) is 26.3 Å². The lowest BCUT2D eigenvalue weighted by Gasteiger charge is -2.29. The van der Waals surface area contributed by atoms with Gasteiger partial charge in [0.05, 0.1) is 6.61 Å². The topological polar surface area (TPSA) is 33.0 Å². The number of nitrogens with zero attached hydrogens (tertiary/aromatic N) is 1. The van der Waals surface area contributed by atoms with Gasteiger partial charge in [0.15, 0.2) is 0 Å². The highest BCUT2D eigenvalue weighted by molar-refractivity contribution is 5.35. The van der Waals surface area contributed by atoms with Gasteiger partial charge in [-0.25, -0.2) is 17.6 Å². The van der Waals surface area contributed by atoms with Crippen molar-refractivity contribution in [2.24, 2.45) is 5.92 Å². The molecule has 178 valence electrons. The Morgan fingerprint density at radius 2 is 1.52 bits per heavy atom. The van der Waals surface area contributed by atoms with Crippen molar-refractivity contribution in [1.82, 2.24) is 0 Å². The lowest BCUT2D eigenvalue weighted by atomic mass is 9.77. The molecule has 3 rings (SSSR count). The summed E-state index contributed by atoms with van der Waals surface area (Å²) in [6, 6.07) is 4.91. The van der Waals surface area contributed by atoms with E-state index in [0.717, 1.165) is 62.8 Å². The maximum Gasteiger partial charge on any atom is 0.389 e. The average Bonchev–Trinajstić information content (AvgIpc) is 2.73. The fourth-order valence-corrected chi connectivity index (χ4v) is 4.55. The SMILES string of the molecule is CCCC1CCC(c2cc(F)c(C(F)(F)OCCc3cc(F)c(C#N)c(F)c3)c(F)c2)CC1. The Morgan fingerprint density at radius 3 is 2.03 bits per heavy atom. The fraction of sp³-hybridized carbons (Fsp3) is 0.480. The summed E-state index contributed by atoms with van der Waals surface area (Å²) in [7, 11) is 0. The van der Waals surface area contributed by atoms with Crippen LogP contribution in [0.3, 0.4) is 0 Å². The van der Waals surface area contributed by atoms with Crippen LogP contribution in [-0.4, -0.2) is 6.61 Å². The van der Waals surface area contributed by atoms with Crippen molar-refractivity contribution in [1.29, 1.82) is 5.26 Å². The van der Waals surface area contributed by atoms with E-state index in [-0.39, 0.29) is 17.9 Å². The number of alkyl halides is 2. The Labute approximate surface area is 189 Å². The molecule has 0 bridgehead atoms. The predicted molar refractivity (Wildman–Crippen MR) is 111 cm³/mol. The van der Waals surface area contributed by atoms with Crippen LogP contribution in [-0.2, 0) is 17.3 Å².